The van der Waals surface area contributed by atoms with Crippen LogP contribution in [0.25, 0.3) is 0 Å². The number of hydrogen-bond acceptors (Lipinski definition) is 1. The van der Waals surface area contributed by atoms with Gasteiger partial charge in [0, 0.05) is 10.6 Å². The van der Waals surface area contributed by atoms with E-state index in [4.69, 9.17) is 27.9 Å². The Bertz CT molecular complexity index is 564. The molecule has 0 bridgehead atoms. The van der Waals surface area contributed by atoms with Crippen molar-refractivity contribution in [3.8, 4) is 11.5 Å². The van der Waals surface area contributed by atoms with Gasteiger partial charge in [-0.05, 0) is 55.3 Å². The Morgan fingerprint density at radius 1 is 1.00 bits per heavy atom. The van der Waals surface area contributed by atoms with Crippen molar-refractivity contribution in [1.82, 2.24) is 0 Å². The molecule has 0 aliphatic carbocycles. The summed E-state index contributed by atoms with van der Waals surface area (Å²) < 4.78 is 5.85. The van der Waals surface area contributed by atoms with Crippen LogP contribution in [-0.4, -0.2) is 0 Å². The minimum Gasteiger partial charge on any atom is -0.457 e. The maximum Gasteiger partial charge on any atom is 0.131 e. The maximum absolute atomic E-state index is 5.93. The zero-order valence-electron chi connectivity index (χ0n) is 10.3. The van der Waals surface area contributed by atoms with E-state index in [2.05, 4.69) is 13.8 Å². The Morgan fingerprint density at radius 2 is 1.78 bits per heavy atom. The summed E-state index contributed by atoms with van der Waals surface area (Å²) in [6.45, 7) is 4.14. The number of aryl methyl sites for hydroxylation is 2. The van der Waals surface area contributed by atoms with Gasteiger partial charge >= 0.3 is 0 Å². The Balaban J connectivity index is 2.30. The highest BCUT2D eigenvalue weighted by Gasteiger charge is 2.06. The second kappa shape index (κ2) is 5.64. The molecule has 18 heavy (non-hydrogen) atoms. The predicted molar refractivity (Wildman–Crippen MR) is 77.0 cm³/mol. The van der Waals surface area contributed by atoms with E-state index in [0.717, 1.165) is 17.1 Å². The van der Waals surface area contributed by atoms with Crippen LogP contribution in [0.3, 0.4) is 0 Å². The first kappa shape index (κ1) is 13.3. The van der Waals surface area contributed by atoms with Crippen LogP contribution < -0.4 is 4.74 Å². The zero-order chi connectivity index (χ0) is 13.1. The van der Waals surface area contributed by atoms with Gasteiger partial charge < -0.3 is 4.74 Å². The van der Waals surface area contributed by atoms with Crippen LogP contribution in [0.1, 0.15) is 16.7 Å². The quantitative estimate of drug-likeness (QED) is 0.676. The smallest absolute Gasteiger partial charge is 0.131 e. The van der Waals surface area contributed by atoms with Gasteiger partial charge in [-0.3, -0.25) is 0 Å². The topological polar surface area (TPSA) is 9.23 Å². The molecule has 0 saturated carbocycles. The Labute approximate surface area is 117 Å². The minimum atomic E-state index is 0.376. The van der Waals surface area contributed by atoms with Gasteiger partial charge in [0.05, 0.1) is 5.88 Å². The lowest BCUT2D eigenvalue weighted by molar-refractivity contribution is 0.478. The van der Waals surface area contributed by atoms with E-state index >= 15 is 0 Å². The number of alkyl halides is 1. The monoisotopic (exact) mass is 280 g/mol. The minimum absolute atomic E-state index is 0.376. The summed E-state index contributed by atoms with van der Waals surface area (Å²) in [5.41, 5.74) is 3.34. The fourth-order valence-corrected chi connectivity index (χ4v) is 2.06. The highest BCUT2D eigenvalue weighted by atomic mass is 35.5. The first-order chi connectivity index (χ1) is 8.60. The average Bonchev–Trinajstić information content (AvgIpc) is 2.36. The van der Waals surface area contributed by atoms with Crippen molar-refractivity contribution in [2.75, 3.05) is 0 Å². The van der Waals surface area contributed by atoms with E-state index in [0.29, 0.717) is 10.9 Å². The SMILES string of the molecule is Cc1ccc(Oc2ccc(Cl)cc2CCl)cc1C. The van der Waals surface area contributed by atoms with E-state index in [1.54, 1.807) is 6.07 Å². The molecule has 0 heterocycles. The number of ether oxygens (including phenoxy) is 1. The summed E-state index contributed by atoms with van der Waals surface area (Å²) in [6, 6.07) is 11.5. The van der Waals surface area contributed by atoms with Crippen LogP contribution in [0, 0.1) is 13.8 Å². The van der Waals surface area contributed by atoms with Crippen molar-refractivity contribution < 1.29 is 4.74 Å². The molecule has 0 atom stereocenters. The van der Waals surface area contributed by atoms with Gasteiger partial charge in [0.2, 0.25) is 0 Å². The first-order valence-corrected chi connectivity index (χ1v) is 6.61. The van der Waals surface area contributed by atoms with Crippen molar-refractivity contribution in [1.29, 1.82) is 0 Å². The lowest BCUT2D eigenvalue weighted by Gasteiger charge is -2.11. The molecular formula is C15H14Cl2O. The lowest BCUT2D eigenvalue weighted by Crippen LogP contribution is -1.91. The number of hydrogen-bond donors (Lipinski definition) is 0. The number of benzene rings is 2. The lowest BCUT2D eigenvalue weighted by atomic mass is 10.1. The summed E-state index contributed by atoms with van der Waals surface area (Å²) in [5, 5.41) is 0.665. The van der Waals surface area contributed by atoms with Gasteiger partial charge in [-0.15, -0.1) is 11.6 Å². The summed E-state index contributed by atoms with van der Waals surface area (Å²) in [5.74, 6) is 1.94. The van der Waals surface area contributed by atoms with Gasteiger partial charge in [-0.1, -0.05) is 17.7 Å². The van der Waals surface area contributed by atoms with E-state index in [-0.39, 0.29) is 0 Å². The Hall–Kier alpha value is -1.18. The molecule has 0 unspecified atom stereocenters. The van der Waals surface area contributed by atoms with Crippen LogP contribution in [0.5, 0.6) is 11.5 Å². The third-order valence-electron chi connectivity index (χ3n) is 2.87. The van der Waals surface area contributed by atoms with E-state index < -0.39 is 0 Å². The van der Waals surface area contributed by atoms with E-state index in [9.17, 15) is 0 Å². The fourth-order valence-electron chi connectivity index (χ4n) is 1.66. The van der Waals surface area contributed by atoms with Gasteiger partial charge in [-0.2, -0.15) is 0 Å². The molecule has 1 nitrogen and oxygen atoms in total. The van der Waals surface area contributed by atoms with Gasteiger partial charge in [0.25, 0.3) is 0 Å². The molecule has 0 radical (unpaired) electrons. The van der Waals surface area contributed by atoms with Gasteiger partial charge in [-0.25, -0.2) is 0 Å². The molecule has 2 rings (SSSR count). The van der Waals surface area contributed by atoms with Crippen molar-refractivity contribution in [2.24, 2.45) is 0 Å². The highest BCUT2D eigenvalue weighted by molar-refractivity contribution is 6.30. The Morgan fingerprint density at radius 3 is 2.44 bits per heavy atom. The molecular weight excluding hydrogens is 267 g/mol. The van der Waals surface area contributed by atoms with Crippen molar-refractivity contribution in [3.63, 3.8) is 0 Å². The molecule has 0 amide bonds. The van der Waals surface area contributed by atoms with Crippen molar-refractivity contribution in [2.45, 2.75) is 19.7 Å². The molecule has 0 aromatic heterocycles. The summed E-state index contributed by atoms with van der Waals surface area (Å²) >= 11 is 11.8. The molecule has 0 N–H and O–H groups in total. The molecule has 0 aliphatic heterocycles. The van der Waals surface area contributed by atoms with Crippen molar-refractivity contribution in [3.05, 3.63) is 58.1 Å². The Kier molecular flexibility index (Phi) is 4.15. The normalized spacial score (nSPS) is 10.4. The largest absolute Gasteiger partial charge is 0.457 e. The second-order valence-corrected chi connectivity index (χ2v) is 4.94. The summed E-state index contributed by atoms with van der Waals surface area (Å²) in [6.07, 6.45) is 0. The summed E-state index contributed by atoms with van der Waals surface area (Å²) in [4.78, 5) is 0. The van der Waals surface area contributed by atoms with Crippen LogP contribution in [0.4, 0.5) is 0 Å². The van der Waals surface area contributed by atoms with E-state index in [1.165, 1.54) is 11.1 Å². The van der Waals surface area contributed by atoms with Gasteiger partial charge in [0.15, 0.2) is 0 Å². The van der Waals surface area contributed by atoms with Crippen LogP contribution in [0.2, 0.25) is 5.02 Å². The second-order valence-electron chi connectivity index (χ2n) is 4.23. The third-order valence-corrected chi connectivity index (χ3v) is 3.40. The molecule has 0 fully saturated rings. The molecule has 0 spiro atoms. The summed E-state index contributed by atoms with van der Waals surface area (Å²) in [7, 11) is 0. The van der Waals surface area contributed by atoms with E-state index in [1.807, 2.05) is 30.3 Å². The first-order valence-electron chi connectivity index (χ1n) is 5.69. The number of halogens is 2. The zero-order valence-corrected chi connectivity index (χ0v) is 11.8. The van der Waals surface area contributed by atoms with Crippen LogP contribution >= 0.6 is 23.2 Å². The molecule has 3 heteroatoms. The molecule has 2 aromatic rings. The van der Waals surface area contributed by atoms with Crippen molar-refractivity contribution >= 4 is 23.2 Å². The fraction of sp³-hybridized carbons (Fsp3) is 0.200. The molecule has 2 aromatic carbocycles. The van der Waals surface area contributed by atoms with Gasteiger partial charge in [0.1, 0.15) is 11.5 Å². The molecule has 0 aliphatic rings. The van der Waals surface area contributed by atoms with Crippen LogP contribution in [-0.2, 0) is 5.88 Å². The third kappa shape index (κ3) is 2.98. The molecule has 94 valence electrons. The average molecular weight is 281 g/mol. The standard InChI is InChI=1S/C15H14Cl2O/c1-10-3-5-14(7-11(10)2)18-15-6-4-13(17)8-12(15)9-16/h3-8H,9H2,1-2H3. The number of rotatable bonds is 3. The van der Waals surface area contributed by atoms with Crippen LogP contribution in [0.15, 0.2) is 36.4 Å². The highest BCUT2D eigenvalue weighted by Crippen LogP contribution is 2.29. The maximum atomic E-state index is 5.93. The molecule has 0 saturated heterocycles. The predicted octanol–water partition coefficient (Wildman–Crippen LogP) is 5.49.